The van der Waals surface area contributed by atoms with Crippen LogP contribution in [0.5, 0.6) is 11.5 Å². The molecule has 0 aliphatic heterocycles. The summed E-state index contributed by atoms with van der Waals surface area (Å²) >= 11 is 0. The Kier molecular flexibility index (Phi) is 9.97. The van der Waals surface area contributed by atoms with Crippen LogP contribution in [-0.2, 0) is 9.59 Å². The molecule has 0 fully saturated rings. The van der Waals surface area contributed by atoms with Crippen molar-refractivity contribution < 1.29 is 19.1 Å². The number of hydrazone groups is 1. The van der Waals surface area contributed by atoms with Crippen molar-refractivity contribution in [1.29, 1.82) is 0 Å². The van der Waals surface area contributed by atoms with Gasteiger partial charge in [0, 0.05) is 5.56 Å². The summed E-state index contributed by atoms with van der Waals surface area (Å²) in [5.41, 5.74) is 4.15. The number of carbonyl (C=O) groups excluding carboxylic acids is 2. The number of hydrogen-bond acceptors (Lipinski definition) is 5. The summed E-state index contributed by atoms with van der Waals surface area (Å²) in [7, 11) is 0. The van der Waals surface area contributed by atoms with Crippen molar-refractivity contribution in [1.82, 2.24) is 10.7 Å². The van der Waals surface area contributed by atoms with Crippen molar-refractivity contribution in [2.45, 2.75) is 33.2 Å². The molecule has 1 atom stereocenters. The van der Waals surface area contributed by atoms with Crippen molar-refractivity contribution in [2.24, 2.45) is 11.0 Å². The van der Waals surface area contributed by atoms with Crippen LogP contribution < -0.4 is 20.2 Å². The summed E-state index contributed by atoms with van der Waals surface area (Å²) < 4.78 is 11.1. The van der Waals surface area contributed by atoms with Crippen molar-refractivity contribution in [3.05, 3.63) is 72.3 Å². The molecule has 2 aromatic carbocycles. The molecule has 0 saturated carbocycles. The largest absolute Gasteiger partial charge is 0.489 e. The molecule has 2 N–H and O–H groups in total. The number of nitrogens with one attached hydrogen (secondary N) is 2. The Balaban J connectivity index is 1.96. The van der Waals surface area contributed by atoms with Gasteiger partial charge in [-0.3, -0.25) is 9.59 Å². The monoisotopic (exact) mass is 437 g/mol. The van der Waals surface area contributed by atoms with E-state index in [2.05, 4.69) is 22.4 Å². The second kappa shape index (κ2) is 12.9. The Bertz CT molecular complexity index is 940. The Morgan fingerprint density at radius 3 is 2.44 bits per heavy atom. The van der Waals surface area contributed by atoms with Crippen molar-refractivity contribution in [2.75, 3.05) is 13.2 Å². The zero-order valence-electron chi connectivity index (χ0n) is 18.8. The lowest BCUT2D eigenvalue weighted by atomic mass is 10.0. The molecule has 7 heteroatoms. The van der Waals surface area contributed by atoms with E-state index in [0.717, 1.165) is 5.56 Å². The molecule has 0 bridgehead atoms. The van der Waals surface area contributed by atoms with Gasteiger partial charge in [-0.25, -0.2) is 5.43 Å². The Hall–Kier alpha value is -3.61. The second-order valence-corrected chi connectivity index (χ2v) is 7.68. The average molecular weight is 438 g/mol. The number of amides is 2. The van der Waals surface area contributed by atoms with E-state index in [0.29, 0.717) is 30.1 Å². The summed E-state index contributed by atoms with van der Waals surface area (Å²) in [5, 5.41) is 6.78. The molecule has 0 unspecified atom stereocenters. The van der Waals surface area contributed by atoms with Gasteiger partial charge in [0.25, 0.3) is 11.8 Å². The molecule has 2 amide bonds. The maximum absolute atomic E-state index is 12.7. The fourth-order valence-electron chi connectivity index (χ4n) is 2.91. The molecule has 0 aliphatic carbocycles. The lowest BCUT2D eigenvalue weighted by molar-refractivity contribution is -0.130. The molecule has 2 aromatic rings. The van der Waals surface area contributed by atoms with Gasteiger partial charge in [0.15, 0.2) is 6.61 Å². The normalized spacial score (nSPS) is 11.8. The zero-order chi connectivity index (χ0) is 23.3. The Morgan fingerprint density at radius 2 is 1.75 bits per heavy atom. The lowest BCUT2D eigenvalue weighted by Gasteiger charge is -2.19. The number of ether oxygens (including phenoxy) is 2. The third kappa shape index (κ3) is 8.26. The minimum Gasteiger partial charge on any atom is -0.489 e. The lowest BCUT2D eigenvalue weighted by Crippen LogP contribution is -2.47. The van der Waals surface area contributed by atoms with Gasteiger partial charge in [-0.15, -0.1) is 0 Å². The van der Waals surface area contributed by atoms with Crippen LogP contribution in [-0.4, -0.2) is 37.3 Å². The number of hydrogen-bond donors (Lipinski definition) is 2. The van der Waals surface area contributed by atoms with E-state index in [1.807, 2.05) is 63.2 Å². The molecule has 0 aromatic heterocycles. The topological polar surface area (TPSA) is 89.0 Å². The van der Waals surface area contributed by atoms with E-state index in [1.165, 1.54) is 6.21 Å². The maximum atomic E-state index is 12.7. The van der Waals surface area contributed by atoms with Crippen LogP contribution in [0.1, 0.15) is 31.4 Å². The molecular formula is C25H31N3O4. The van der Waals surface area contributed by atoms with Crippen molar-refractivity contribution in [3.63, 3.8) is 0 Å². The predicted molar refractivity (Wildman–Crippen MR) is 126 cm³/mol. The van der Waals surface area contributed by atoms with Gasteiger partial charge >= 0.3 is 0 Å². The Morgan fingerprint density at radius 1 is 1.06 bits per heavy atom. The average Bonchev–Trinajstić information content (AvgIpc) is 2.77. The number of aryl methyl sites for hydroxylation is 1. The minimum atomic E-state index is -0.729. The smallest absolute Gasteiger partial charge is 0.262 e. The van der Waals surface area contributed by atoms with Gasteiger partial charge in [-0.05, 0) is 43.0 Å². The third-order valence-electron chi connectivity index (χ3n) is 4.47. The summed E-state index contributed by atoms with van der Waals surface area (Å²) in [4.78, 5) is 25.1. The number of benzene rings is 2. The van der Waals surface area contributed by atoms with Gasteiger partial charge in [-0.2, -0.15) is 5.10 Å². The van der Waals surface area contributed by atoms with E-state index < -0.39 is 11.9 Å². The van der Waals surface area contributed by atoms with Gasteiger partial charge in [0.1, 0.15) is 24.1 Å². The summed E-state index contributed by atoms with van der Waals surface area (Å²) in [6.45, 7) is 9.68. The van der Waals surface area contributed by atoms with Crippen LogP contribution in [0.2, 0.25) is 0 Å². The van der Waals surface area contributed by atoms with Crippen LogP contribution in [0.15, 0.2) is 66.3 Å². The number of rotatable bonds is 12. The Labute approximate surface area is 189 Å². The standard InChI is InChI=1S/C25H31N3O4/c1-5-14-31-23-13-9-7-11-20(23)16-26-28-25(30)21(15-18(2)3)27-24(29)17-32-22-12-8-6-10-19(22)4/h5-13,16,18,21H,1,14-15,17H2,2-4H3,(H,27,29)(H,28,30)/b26-16-/t21-/m1/s1. The fourth-order valence-corrected chi connectivity index (χ4v) is 2.91. The summed E-state index contributed by atoms with van der Waals surface area (Å²) in [5.74, 6) is 0.686. The summed E-state index contributed by atoms with van der Waals surface area (Å²) in [6.07, 6.45) is 3.63. The molecule has 32 heavy (non-hydrogen) atoms. The van der Waals surface area contributed by atoms with Crippen LogP contribution >= 0.6 is 0 Å². The molecule has 170 valence electrons. The highest BCUT2D eigenvalue weighted by Gasteiger charge is 2.22. The van der Waals surface area contributed by atoms with E-state index in [1.54, 1.807) is 12.1 Å². The molecule has 0 heterocycles. The van der Waals surface area contributed by atoms with Crippen LogP contribution in [0.25, 0.3) is 0 Å². The van der Waals surface area contributed by atoms with E-state index >= 15 is 0 Å². The molecule has 0 radical (unpaired) electrons. The second-order valence-electron chi connectivity index (χ2n) is 7.68. The molecule has 7 nitrogen and oxygen atoms in total. The quantitative estimate of drug-likeness (QED) is 0.302. The zero-order valence-corrected chi connectivity index (χ0v) is 18.8. The summed E-state index contributed by atoms with van der Waals surface area (Å²) in [6, 6.07) is 14.0. The first-order chi connectivity index (χ1) is 15.4. The van der Waals surface area contributed by atoms with Gasteiger partial charge in [-0.1, -0.05) is 56.8 Å². The van der Waals surface area contributed by atoms with E-state index in [-0.39, 0.29) is 18.4 Å². The number of carbonyl (C=O) groups is 2. The van der Waals surface area contributed by atoms with Crippen LogP contribution in [0.4, 0.5) is 0 Å². The van der Waals surface area contributed by atoms with Gasteiger partial charge in [0.2, 0.25) is 0 Å². The van der Waals surface area contributed by atoms with Crippen LogP contribution in [0.3, 0.4) is 0 Å². The first-order valence-electron chi connectivity index (χ1n) is 10.5. The first-order valence-corrected chi connectivity index (χ1v) is 10.5. The van der Waals surface area contributed by atoms with Crippen molar-refractivity contribution >= 4 is 18.0 Å². The molecule has 0 spiro atoms. The maximum Gasteiger partial charge on any atom is 0.262 e. The highest BCUT2D eigenvalue weighted by molar-refractivity contribution is 5.89. The number of nitrogens with zero attached hydrogens (tertiary/aromatic N) is 1. The SMILES string of the molecule is C=CCOc1ccccc1/C=N\NC(=O)[C@@H](CC(C)C)NC(=O)COc1ccccc1C. The minimum absolute atomic E-state index is 0.177. The number of para-hydroxylation sites is 2. The first kappa shape index (κ1) is 24.7. The van der Waals surface area contributed by atoms with Crippen molar-refractivity contribution in [3.8, 4) is 11.5 Å². The van der Waals surface area contributed by atoms with E-state index in [9.17, 15) is 9.59 Å². The van der Waals surface area contributed by atoms with E-state index in [4.69, 9.17) is 9.47 Å². The highest BCUT2D eigenvalue weighted by Crippen LogP contribution is 2.16. The van der Waals surface area contributed by atoms with Gasteiger partial charge < -0.3 is 14.8 Å². The molecule has 0 saturated heterocycles. The van der Waals surface area contributed by atoms with Crippen LogP contribution in [0, 0.1) is 12.8 Å². The molecular weight excluding hydrogens is 406 g/mol. The third-order valence-corrected chi connectivity index (χ3v) is 4.47. The fraction of sp³-hybridized carbons (Fsp3) is 0.320. The van der Waals surface area contributed by atoms with Gasteiger partial charge in [0.05, 0.1) is 6.21 Å². The molecule has 2 rings (SSSR count). The predicted octanol–water partition coefficient (Wildman–Crippen LogP) is 3.62. The molecule has 0 aliphatic rings. The highest BCUT2D eigenvalue weighted by atomic mass is 16.5.